The molecule has 1 heterocycles. The molecule has 1 aromatic rings. The third-order valence-corrected chi connectivity index (χ3v) is 2.53. The SMILES string of the molecule is Cc1nnc(CNCC2CC2C)o1. The first kappa shape index (κ1) is 8.69. The minimum atomic E-state index is 0.636. The fourth-order valence-electron chi connectivity index (χ4n) is 1.46. The molecular formula is C9H15N3O. The number of hydrogen-bond donors (Lipinski definition) is 1. The van der Waals surface area contributed by atoms with Crippen LogP contribution in [0.15, 0.2) is 4.42 Å². The number of aromatic nitrogens is 2. The van der Waals surface area contributed by atoms with E-state index in [4.69, 9.17) is 4.42 Å². The molecule has 0 amide bonds. The van der Waals surface area contributed by atoms with Gasteiger partial charge in [0.2, 0.25) is 11.8 Å². The standard InChI is InChI=1S/C9H15N3O/c1-6-3-8(6)4-10-5-9-12-11-7(2)13-9/h6,8,10H,3-5H2,1-2H3. The highest BCUT2D eigenvalue weighted by atomic mass is 16.4. The Morgan fingerprint density at radius 2 is 2.31 bits per heavy atom. The van der Waals surface area contributed by atoms with E-state index in [0.29, 0.717) is 18.3 Å². The summed E-state index contributed by atoms with van der Waals surface area (Å²) in [5.41, 5.74) is 0. The molecule has 0 aliphatic heterocycles. The van der Waals surface area contributed by atoms with Crippen LogP contribution in [0.3, 0.4) is 0 Å². The van der Waals surface area contributed by atoms with Crippen molar-refractivity contribution in [2.75, 3.05) is 6.54 Å². The lowest BCUT2D eigenvalue weighted by Crippen LogP contribution is -2.16. The van der Waals surface area contributed by atoms with Gasteiger partial charge in [-0.25, -0.2) is 0 Å². The molecule has 13 heavy (non-hydrogen) atoms. The van der Waals surface area contributed by atoms with Crippen LogP contribution in [0.1, 0.15) is 25.1 Å². The molecule has 1 aliphatic carbocycles. The number of nitrogens with one attached hydrogen (secondary N) is 1. The summed E-state index contributed by atoms with van der Waals surface area (Å²) in [6.07, 6.45) is 1.36. The van der Waals surface area contributed by atoms with Crippen LogP contribution in [0, 0.1) is 18.8 Å². The Labute approximate surface area is 77.7 Å². The Morgan fingerprint density at radius 1 is 1.54 bits per heavy atom. The predicted molar refractivity (Wildman–Crippen MR) is 48.0 cm³/mol. The van der Waals surface area contributed by atoms with Gasteiger partial charge in [-0.05, 0) is 24.8 Å². The second-order valence-electron chi connectivity index (χ2n) is 3.82. The number of hydrogen-bond acceptors (Lipinski definition) is 4. The summed E-state index contributed by atoms with van der Waals surface area (Å²) < 4.78 is 5.23. The van der Waals surface area contributed by atoms with Crippen molar-refractivity contribution < 1.29 is 4.42 Å². The Balaban J connectivity index is 1.68. The van der Waals surface area contributed by atoms with Gasteiger partial charge in [0.15, 0.2) is 0 Å². The van der Waals surface area contributed by atoms with E-state index in [0.717, 1.165) is 18.4 Å². The molecule has 2 unspecified atom stereocenters. The zero-order valence-electron chi connectivity index (χ0n) is 8.08. The highest BCUT2D eigenvalue weighted by Gasteiger charge is 2.31. The van der Waals surface area contributed by atoms with E-state index in [1.54, 1.807) is 6.92 Å². The minimum absolute atomic E-state index is 0.636. The van der Waals surface area contributed by atoms with Crippen LogP contribution in [-0.4, -0.2) is 16.7 Å². The van der Waals surface area contributed by atoms with Gasteiger partial charge < -0.3 is 9.73 Å². The maximum atomic E-state index is 5.23. The van der Waals surface area contributed by atoms with Crippen molar-refractivity contribution in [2.24, 2.45) is 11.8 Å². The zero-order chi connectivity index (χ0) is 9.26. The van der Waals surface area contributed by atoms with Gasteiger partial charge >= 0.3 is 0 Å². The molecule has 1 aliphatic rings. The second kappa shape index (κ2) is 3.46. The lowest BCUT2D eigenvalue weighted by atomic mass is 10.3. The topological polar surface area (TPSA) is 51.0 Å². The smallest absolute Gasteiger partial charge is 0.230 e. The monoisotopic (exact) mass is 181 g/mol. The quantitative estimate of drug-likeness (QED) is 0.756. The first-order valence-electron chi connectivity index (χ1n) is 4.75. The van der Waals surface area contributed by atoms with Crippen molar-refractivity contribution in [3.63, 3.8) is 0 Å². The fourth-order valence-corrected chi connectivity index (χ4v) is 1.46. The van der Waals surface area contributed by atoms with Crippen molar-refractivity contribution in [3.05, 3.63) is 11.8 Å². The molecule has 1 fully saturated rings. The van der Waals surface area contributed by atoms with Gasteiger partial charge in [0, 0.05) is 6.92 Å². The first-order chi connectivity index (χ1) is 6.25. The molecule has 4 nitrogen and oxygen atoms in total. The van der Waals surface area contributed by atoms with Crippen LogP contribution < -0.4 is 5.32 Å². The summed E-state index contributed by atoms with van der Waals surface area (Å²) in [6, 6.07) is 0. The molecule has 0 spiro atoms. The highest BCUT2D eigenvalue weighted by molar-refractivity contribution is 4.85. The molecule has 4 heteroatoms. The number of rotatable bonds is 4. The summed E-state index contributed by atoms with van der Waals surface area (Å²) in [5, 5.41) is 11.0. The van der Waals surface area contributed by atoms with Crippen molar-refractivity contribution in [2.45, 2.75) is 26.8 Å². The third-order valence-electron chi connectivity index (χ3n) is 2.53. The van der Waals surface area contributed by atoms with Crippen LogP contribution in [0.2, 0.25) is 0 Å². The second-order valence-corrected chi connectivity index (χ2v) is 3.82. The predicted octanol–water partition coefficient (Wildman–Crippen LogP) is 1.12. The molecule has 1 saturated carbocycles. The third kappa shape index (κ3) is 2.28. The summed E-state index contributed by atoms with van der Waals surface area (Å²) in [4.78, 5) is 0. The van der Waals surface area contributed by atoms with Crippen LogP contribution in [0.4, 0.5) is 0 Å². The molecule has 2 atom stereocenters. The van der Waals surface area contributed by atoms with E-state index in [-0.39, 0.29) is 0 Å². The van der Waals surface area contributed by atoms with E-state index in [9.17, 15) is 0 Å². The number of aryl methyl sites for hydroxylation is 1. The lowest BCUT2D eigenvalue weighted by Gasteiger charge is -1.98. The average Bonchev–Trinajstić information content (AvgIpc) is 2.60. The summed E-state index contributed by atoms with van der Waals surface area (Å²) in [6.45, 7) is 5.86. The van der Waals surface area contributed by atoms with Gasteiger partial charge in [0.05, 0.1) is 6.54 Å². The maximum absolute atomic E-state index is 5.23. The Bertz CT molecular complexity index is 284. The van der Waals surface area contributed by atoms with Gasteiger partial charge in [0.25, 0.3) is 0 Å². The first-order valence-corrected chi connectivity index (χ1v) is 4.75. The van der Waals surface area contributed by atoms with Gasteiger partial charge in [-0.1, -0.05) is 6.92 Å². The van der Waals surface area contributed by atoms with Crippen LogP contribution >= 0.6 is 0 Å². The molecule has 1 N–H and O–H groups in total. The molecule has 0 radical (unpaired) electrons. The highest BCUT2D eigenvalue weighted by Crippen LogP contribution is 2.36. The maximum Gasteiger partial charge on any atom is 0.230 e. The van der Waals surface area contributed by atoms with E-state index in [1.165, 1.54) is 6.42 Å². The molecule has 72 valence electrons. The van der Waals surface area contributed by atoms with Crippen molar-refractivity contribution >= 4 is 0 Å². The van der Waals surface area contributed by atoms with Gasteiger partial charge in [-0.2, -0.15) is 0 Å². The Kier molecular flexibility index (Phi) is 2.31. The normalized spacial score (nSPS) is 26.3. The number of nitrogens with zero attached hydrogens (tertiary/aromatic N) is 2. The molecule has 0 aromatic carbocycles. The van der Waals surface area contributed by atoms with E-state index < -0.39 is 0 Å². The molecule has 0 bridgehead atoms. The van der Waals surface area contributed by atoms with Crippen LogP contribution in [0.25, 0.3) is 0 Å². The Hall–Kier alpha value is -0.900. The average molecular weight is 181 g/mol. The van der Waals surface area contributed by atoms with E-state index >= 15 is 0 Å². The van der Waals surface area contributed by atoms with Crippen molar-refractivity contribution in [1.29, 1.82) is 0 Å². The van der Waals surface area contributed by atoms with Crippen LogP contribution in [0.5, 0.6) is 0 Å². The van der Waals surface area contributed by atoms with Gasteiger partial charge in [0.1, 0.15) is 0 Å². The lowest BCUT2D eigenvalue weighted by molar-refractivity contribution is 0.442. The summed E-state index contributed by atoms with van der Waals surface area (Å²) in [5.74, 6) is 3.09. The largest absolute Gasteiger partial charge is 0.424 e. The fraction of sp³-hybridized carbons (Fsp3) is 0.778. The zero-order valence-corrected chi connectivity index (χ0v) is 8.08. The van der Waals surface area contributed by atoms with E-state index in [2.05, 4.69) is 22.4 Å². The van der Waals surface area contributed by atoms with E-state index in [1.807, 2.05) is 0 Å². The molecular weight excluding hydrogens is 166 g/mol. The molecule has 2 rings (SSSR count). The molecule has 1 aromatic heterocycles. The van der Waals surface area contributed by atoms with Crippen molar-refractivity contribution in [1.82, 2.24) is 15.5 Å². The van der Waals surface area contributed by atoms with Gasteiger partial charge in [-0.3, -0.25) is 0 Å². The molecule has 0 saturated heterocycles. The minimum Gasteiger partial charge on any atom is -0.424 e. The van der Waals surface area contributed by atoms with Crippen molar-refractivity contribution in [3.8, 4) is 0 Å². The summed E-state index contributed by atoms with van der Waals surface area (Å²) in [7, 11) is 0. The Morgan fingerprint density at radius 3 is 2.85 bits per heavy atom. The summed E-state index contributed by atoms with van der Waals surface area (Å²) >= 11 is 0. The van der Waals surface area contributed by atoms with Crippen LogP contribution in [-0.2, 0) is 6.54 Å². The van der Waals surface area contributed by atoms with Gasteiger partial charge in [-0.15, -0.1) is 10.2 Å².